The van der Waals surface area contributed by atoms with Crippen LogP contribution in [-0.2, 0) is 6.54 Å². The van der Waals surface area contributed by atoms with Gasteiger partial charge in [-0.3, -0.25) is 15.2 Å². The predicted octanol–water partition coefficient (Wildman–Crippen LogP) is 2.17. The molecule has 0 spiro atoms. The molecule has 2 aromatic rings. The van der Waals surface area contributed by atoms with E-state index in [-0.39, 0.29) is 16.7 Å². The van der Waals surface area contributed by atoms with Crippen molar-refractivity contribution in [3.8, 4) is 0 Å². The van der Waals surface area contributed by atoms with E-state index in [1.165, 1.54) is 6.07 Å². The van der Waals surface area contributed by atoms with Crippen molar-refractivity contribution in [2.24, 2.45) is 0 Å². The summed E-state index contributed by atoms with van der Waals surface area (Å²) < 4.78 is 0. The number of rotatable bonds is 5. The Kier molecular flexibility index (Phi) is 3.69. The van der Waals surface area contributed by atoms with Crippen molar-refractivity contribution in [1.82, 2.24) is 15.5 Å². The Bertz CT molecular complexity index is 525. The number of nitro benzene ring substituents is 1. The van der Waals surface area contributed by atoms with Crippen molar-refractivity contribution < 1.29 is 4.92 Å². The number of nitrogens with one attached hydrogen (secondary N) is 2. The quantitative estimate of drug-likeness (QED) is 0.625. The molecule has 18 heavy (non-hydrogen) atoms. The Morgan fingerprint density at radius 1 is 1.50 bits per heavy atom. The lowest BCUT2D eigenvalue weighted by atomic mass is 10.1. The SMILES string of the molecule is CC(NCc1ccn[nH]1)c1cccc([N+](=O)[O-])c1. The number of nitro groups is 1. The molecule has 0 aliphatic rings. The molecule has 1 unspecified atom stereocenters. The van der Waals surface area contributed by atoms with Gasteiger partial charge >= 0.3 is 0 Å². The van der Waals surface area contributed by atoms with Crippen molar-refractivity contribution in [2.45, 2.75) is 19.5 Å². The number of aromatic amines is 1. The van der Waals surface area contributed by atoms with Gasteiger partial charge in [0.1, 0.15) is 0 Å². The van der Waals surface area contributed by atoms with Gasteiger partial charge in [0.2, 0.25) is 0 Å². The largest absolute Gasteiger partial charge is 0.305 e. The third-order valence-electron chi connectivity index (χ3n) is 2.74. The molecule has 1 aromatic heterocycles. The van der Waals surface area contributed by atoms with E-state index < -0.39 is 0 Å². The molecule has 6 nitrogen and oxygen atoms in total. The average Bonchev–Trinajstić information content (AvgIpc) is 2.89. The highest BCUT2D eigenvalue weighted by molar-refractivity contribution is 5.35. The molecule has 0 saturated heterocycles. The molecule has 0 aliphatic carbocycles. The zero-order valence-electron chi connectivity index (χ0n) is 9.96. The smallest absolute Gasteiger partial charge is 0.269 e. The number of hydrogen-bond acceptors (Lipinski definition) is 4. The highest BCUT2D eigenvalue weighted by Gasteiger charge is 2.10. The summed E-state index contributed by atoms with van der Waals surface area (Å²) in [6.45, 7) is 2.61. The highest BCUT2D eigenvalue weighted by Crippen LogP contribution is 2.19. The van der Waals surface area contributed by atoms with Gasteiger partial charge in [-0.1, -0.05) is 12.1 Å². The Morgan fingerprint density at radius 3 is 3.00 bits per heavy atom. The maximum absolute atomic E-state index is 10.7. The van der Waals surface area contributed by atoms with Gasteiger partial charge in [0.25, 0.3) is 5.69 Å². The molecule has 0 bridgehead atoms. The van der Waals surface area contributed by atoms with Crippen LogP contribution in [0, 0.1) is 10.1 Å². The Labute approximate surface area is 104 Å². The molecule has 6 heteroatoms. The second kappa shape index (κ2) is 5.42. The van der Waals surface area contributed by atoms with E-state index in [9.17, 15) is 10.1 Å². The van der Waals surface area contributed by atoms with Gasteiger partial charge in [-0.15, -0.1) is 0 Å². The van der Waals surface area contributed by atoms with E-state index in [1.807, 2.05) is 19.1 Å². The molecule has 1 aromatic carbocycles. The van der Waals surface area contributed by atoms with Crippen LogP contribution in [0.5, 0.6) is 0 Å². The van der Waals surface area contributed by atoms with Crippen LogP contribution in [-0.4, -0.2) is 15.1 Å². The monoisotopic (exact) mass is 246 g/mol. The van der Waals surface area contributed by atoms with Gasteiger partial charge in [0.15, 0.2) is 0 Å². The molecule has 0 fully saturated rings. The predicted molar refractivity (Wildman–Crippen MR) is 66.9 cm³/mol. The second-order valence-electron chi connectivity index (χ2n) is 4.04. The topological polar surface area (TPSA) is 83.8 Å². The molecule has 0 aliphatic heterocycles. The first-order valence-corrected chi connectivity index (χ1v) is 5.63. The van der Waals surface area contributed by atoms with E-state index in [0.717, 1.165) is 11.3 Å². The zero-order valence-corrected chi connectivity index (χ0v) is 9.96. The number of nitrogens with zero attached hydrogens (tertiary/aromatic N) is 2. The number of H-pyrrole nitrogens is 1. The van der Waals surface area contributed by atoms with Crippen LogP contribution >= 0.6 is 0 Å². The summed E-state index contributed by atoms with van der Waals surface area (Å²) in [6, 6.07) is 8.57. The van der Waals surface area contributed by atoms with Gasteiger partial charge in [-0.2, -0.15) is 5.10 Å². The lowest BCUT2D eigenvalue weighted by Crippen LogP contribution is -2.18. The normalized spacial score (nSPS) is 12.3. The van der Waals surface area contributed by atoms with Crippen LogP contribution in [0.2, 0.25) is 0 Å². The van der Waals surface area contributed by atoms with E-state index in [2.05, 4.69) is 15.5 Å². The molecule has 2 N–H and O–H groups in total. The van der Waals surface area contributed by atoms with Crippen molar-refractivity contribution in [3.63, 3.8) is 0 Å². The van der Waals surface area contributed by atoms with E-state index in [4.69, 9.17) is 0 Å². The minimum atomic E-state index is -0.384. The maximum Gasteiger partial charge on any atom is 0.269 e. The van der Waals surface area contributed by atoms with Crippen molar-refractivity contribution >= 4 is 5.69 Å². The summed E-state index contributed by atoms with van der Waals surface area (Å²) in [4.78, 5) is 10.3. The van der Waals surface area contributed by atoms with Crippen LogP contribution in [0.1, 0.15) is 24.2 Å². The van der Waals surface area contributed by atoms with Crippen molar-refractivity contribution in [2.75, 3.05) is 0 Å². The fourth-order valence-electron chi connectivity index (χ4n) is 1.67. The third kappa shape index (κ3) is 2.92. The van der Waals surface area contributed by atoms with Gasteiger partial charge < -0.3 is 5.32 Å². The van der Waals surface area contributed by atoms with E-state index >= 15 is 0 Å². The number of hydrogen-bond donors (Lipinski definition) is 2. The maximum atomic E-state index is 10.7. The molecule has 0 amide bonds. The first-order valence-electron chi connectivity index (χ1n) is 5.63. The lowest BCUT2D eigenvalue weighted by Gasteiger charge is -2.13. The molecular formula is C12H14N4O2. The minimum Gasteiger partial charge on any atom is -0.305 e. The van der Waals surface area contributed by atoms with E-state index in [0.29, 0.717) is 6.54 Å². The van der Waals surface area contributed by atoms with Gasteiger partial charge in [-0.05, 0) is 18.6 Å². The molecule has 94 valence electrons. The summed E-state index contributed by atoms with van der Waals surface area (Å²) in [7, 11) is 0. The Morgan fingerprint density at radius 2 is 2.33 bits per heavy atom. The number of benzene rings is 1. The first-order chi connectivity index (χ1) is 8.66. The van der Waals surface area contributed by atoms with Gasteiger partial charge in [0.05, 0.1) is 4.92 Å². The summed E-state index contributed by atoms with van der Waals surface area (Å²) in [5.41, 5.74) is 1.98. The first kappa shape index (κ1) is 12.3. The molecule has 0 radical (unpaired) electrons. The standard InChI is InChI=1S/C12H14N4O2/c1-9(13-8-11-5-6-14-15-11)10-3-2-4-12(7-10)16(17)18/h2-7,9,13H,8H2,1H3,(H,14,15). The van der Waals surface area contributed by atoms with Gasteiger partial charge in [-0.25, -0.2) is 0 Å². The molecule has 0 saturated carbocycles. The summed E-state index contributed by atoms with van der Waals surface area (Å²) >= 11 is 0. The van der Waals surface area contributed by atoms with Crippen LogP contribution in [0.25, 0.3) is 0 Å². The number of aromatic nitrogens is 2. The fourth-order valence-corrected chi connectivity index (χ4v) is 1.67. The third-order valence-corrected chi connectivity index (χ3v) is 2.74. The minimum absolute atomic E-state index is 0.0354. The summed E-state index contributed by atoms with van der Waals surface area (Å²) in [5.74, 6) is 0. The summed E-state index contributed by atoms with van der Waals surface area (Å²) in [5, 5.41) is 20.7. The average molecular weight is 246 g/mol. The Hall–Kier alpha value is -2.21. The van der Waals surface area contributed by atoms with Crippen LogP contribution < -0.4 is 5.32 Å². The fraction of sp³-hybridized carbons (Fsp3) is 0.250. The second-order valence-corrected chi connectivity index (χ2v) is 4.04. The Balaban J connectivity index is 2.02. The van der Waals surface area contributed by atoms with Crippen LogP contribution in [0.3, 0.4) is 0 Å². The van der Waals surface area contributed by atoms with Crippen LogP contribution in [0.15, 0.2) is 36.5 Å². The molecular weight excluding hydrogens is 232 g/mol. The molecule has 1 heterocycles. The number of non-ortho nitro benzene ring substituents is 1. The zero-order chi connectivity index (χ0) is 13.0. The molecule has 2 rings (SSSR count). The van der Waals surface area contributed by atoms with E-state index in [1.54, 1.807) is 18.3 Å². The van der Waals surface area contributed by atoms with Gasteiger partial charge in [0, 0.05) is 36.6 Å². The lowest BCUT2D eigenvalue weighted by molar-refractivity contribution is -0.384. The van der Waals surface area contributed by atoms with Crippen molar-refractivity contribution in [3.05, 3.63) is 57.9 Å². The highest BCUT2D eigenvalue weighted by atomic mass is 16.6. The van der Waals surface area contributed by atoms with Crippen molar-refractivity contribution in [1.29, 1.82) is 0 Å². The van der Waals surface area contributed by atoms with Crippen LogP contribution in [0.4, 0.5) is 5.69 Å². The molecule has 1 atom stereocenters. The summed E-state index contributed by atoms with van der Waals surface area (Å²) in [6.07, 6.45) is 1.69.